The number of carbonyl (C=O) groups excluding carboxylic acids is 1. The highest BCUT2D eigenvalue weighted by atomic mass is 32.2. The first kappa shape index (κ1) is 19.6. The van der Waals surface area contributed by atoms with Gasteiger partial charge in [-0.15, -0.1) is 11.8 Å². The predicted octanol–water partition coefficient (Wildman–Crippen LogP) is 4.13. The van der Waals surface area contributed by atoms with Gasteiger partial charge in [0.05, 0.1) is 5.75 Å². The topological polar surface area (TPSA) is 43.8 Å². The third-order valence-corrected chi connectivity index (χ3v) is 5.93. The maximum Gasteiger partial charge on any atom is 0.233 e. The second-order valence-corrected chi connectivity index (χ2v) is 9.00. The molecule has 1 fully saturated rings. The molecule has 0 aliphatic carbocycles. The first-order valence-electron chi connectivity index (χ1n) is 9.38. The molecule has 0 spiro atoms. The summed E-state index contributed by atoms with van der Waals surface area (Å²) in [5.41, 5.74) is 2.55. The summed E-state index contributed by atoms with van der Waals surface area (Å²) in [5, 5.41) is 9.40. The Balaban J connectivity index is 1.47. The van der Waals surface area contributed by atoms with E-state index in [0.717, 1.165) is 36.8 Å². The second kappa shape index (κ2) is 8.26. The highest BCUT2D eigenvalue weighted by Gasteiger charge is 2.21. The van der Waals surface area contributed by atoms with E-state index in [1.807, 2.05) is 17.0 Å². The van der Waals surface area contributed by atoms with Crippen molar-refractivity contribution in [2.75, 3.05) is 36.8 Å². The Labute approximate surface area is 166 Å². The third kappa shape index (κ3) is 5.19. The van der Waals surface area contributed by atoms with E-state index >= 15 is 0 Å². The van der Waals surface area contributed by atoms with Crippen LogP contribution in [0.15, 0.2) is 53.4 Å². The van der Waals surface area contributed by atoms with Crippen LogP contribution in [-0.4, -0.2) is 47.8 Å². The number of anilines is 1. The molecule has 1 aliphatic rings. The van der Waals surface area contributed by atoms with E-state index in [1.54, 1.807) is 23.9 Å². The van der Waals surface area contributed by atoms with Crippen LogP contribution in [0.4, 0.5) is 5.69 Å². The maximum atomic E-state index is 12.5. The Morgan fingerprint density at radius 2 is 1.56 bits per heavy atom. The number of phenolic OH excluding ortho intramolecular Hbond substituents is 1. The summed E-state index contributed by atoms with van der Waals surface area (Å²) < 4.78 is 0. The van der Waals surface area contributed by atoms with Gasteiger partial charge in [-0.05, 0) is 47.4 Å². The summed E-state index contributed by atoms with van der Waals surface area (Å²) in [4.78, 5) is 17.9. The fourth-order valence-electron chi connectivity index (χ4n) is 3.17. The molecule has 0 unspecified atom stereocenters. The van der Waals surface area contributed by atoms with Gasteiger partial charge < -0.3 is 14.9 Å². The van der Waals surface area contributed by atoms with E-state index in [4.69, 9.17) is 0 Å². The number of phenols is 1. The molecule has 0 bridgehead atoms. The summed E-state index contributed by atoms with van der Waals surface area (Å²) in [6, 6.07) is 15.8. The lowest BCUT2D eigenvalue weighted by atomic mass is 9.87. The normalized spacial score (nSPS) is 15.1. The molecule has 0 aromatic heterocycles. The molecule has 0 radical (unpaired) electrons. The van der Waals surface area contributed by atoms with E-state index in [-0.39, 0.29) is 17.1 Å². The first-order chi connectivity index (χ1) is 12.8. The van der Waals surface area contributed by atoms with Crippen molar-refractivity contribution in [3.63, 3.8) is 0 Å². The van der Waals surface area contributed by atoms with Gasteiger partial charge in [-0.1, -0.05) is 32.9 Å². The summed E-state index contributed by atoms with van der Waals surface area (Å²) in [7, 11) is 0. The molecule has 1 N–H and O–H groups in total. The zero-order valence-electron chi connectivity index (χ0n) is 16.3. The monoisotopic (exact) mass is 384 g/mol. The molecule has 5 heteroatoms. The molecular formula is C22H28N2O2S. The van der Waals surface area contributed by atoms with Gasteiger partial charge in [0.15, 0.2) is 0 Å². The van der Waals surface area contributed by atoms with Crippen LogP contribution in [0.1, 0.15) is 26.3 Å². The van der Waals surface area contributed by atoms with Gasteiger partial charge in [-0.2, -0.15) is 0 Å². The summed E-state index contributed by atoms with van der Waals surface area (Å²) in [6.07, 6.45) is 0. The fourth-order valence-corrected chi connectivity index (χ4v) is 3.97. The molecule has 1 saturated heterocycles. The number of hydrogen-bond donors (Lipinski definition) is 1. The lowest BCUT2D eigenvalue weighted by Crippen LogP contribution is -2.49. The van der Waals surface area contributed by atoms with Crippen LogP contribution in [0.2, 0.25) is 0 Å². The Bertz CT molecular complexity index is 758. The van der Waals surface area contributed by atoms with Crippen molar-refractivity contribution in [3.8, 4) is 5.75 Å². The molecule has 144 valence electrons. The molecule has 1 aliphatic heterocycles. The van der Waals surface area contributed by atoms with Crippen molar-refractivity contribution < 1.29 is 9.90 Å². The molecule has 3 rings (SSSR count). The lowest BCUT2D eigenvalue weighted by molar-refractivity contribution is -0.128. The summed E-state index contributed by atoms with van der Waals surface area (Å²) in [6.45, 7) is 9.73. The summed E-state index contributed by atoms with van der Waals surface area (Å²) >= 11 is 1.61. The molecule has 1 heterocycles. The van der Waals surface area contributed by atoms with Gasteiger partial charge in [0, 0.05) is 36.8 Å². The highest BCUT2D eigenvalue weighted by Crippen LogP contribution is 2.26. The number of hydrogen-bond acceptors (Lipinski definition) is 4. The van der Waals surface area contributed by atoms with Gasteiger partial charge in [0.1, 0.15) is 5.75 Å². The molecule has 1 amide bonds. The minimum absolute atomic E-state index is 0.149. The van der Waals surface area contributed by atoms with Crippen molar-refractivity contribution in [2.24, 2.45) is 0 Å². The van der Waals surface area contributed by atoms with E-state index < -0.39 is 0 Å². The van der Waals surface area contributed by atoms with Gasteiger partial charge >= 0.3 is 0 Å². The Morgan fingerprint density at radius 1 is 0.963 bits per heavy atom. The average molecular weight is 385 g/mol. The number of nitrogens with zero attached hydrogens (tertiary/aromatic N) is 2. The molecule has 0 saturated carbocycles. The smallest absolute Gasteiger partial charge is 0.233 e. The van der Waals surface area contributed by atoms with Gasteiger partial charge in [0.25, 0.3) is 0 Å². The molecule has 4 nitrogen and oxygen atoms in total. The Hall–Kier alpha value is -2.14. The Morgan fingerprint density at radius 3 is 2.11 bits per heavy atom. The number of aromatic hydroxyl groups is 1. The highest BCUT2D eigenvalue weighted by molar-refractivity contribution is 8.00. The minimum Gasteiger partial charge on any atom is -0.508 e. The number of thioether (sulfide) groups is 1. The second-order valence-electron chi connectivity index (χ2n) is 7.95. The predicted molar refractivity (Wildman–Crippen MR) is 113 cm³/mol. The standard InChI is InChI=1S/C22H28N2O2S/c1-22(2,3)17-4-10-20(11-5-17)27-16-21(26)24-14-12-23(13-15-24)18-6-8-19(25)9-7-18/h4-11,25H,12-16H2,1-3H3. The number of benzene rings is 2. The minimum atomic E-state index is 0.149. The van der Waals surface area contributed by atoms with Crippen LogP contribution in [0.25, 0.3) is 0 Å². The molecule has 2 aromatic rings. The fraction of sp³-hybridized carbons (Fsp3) is 0.409. The molecule has 2 aromatic carbocycles. The van der Waals surface area contributed by atoms with E-state index in [1.165, 1.54) is 5.56 Å². The van der Waals surface area contributed by atoms with Crippen LogP contribution in [-0.2, 0) is 10.2 Å². The van der Waals surface area contributed by atoms with Crippen LogP contribution in [0.5, 0.6) is 5.75 Å². The van der Waals surface area contributed by atoms with Crippen molar-refractivity contribution in [2.45, 2.75) is 31.1 Å². The zero-order valence-corrected chi connectivity index (χ0v) is 17.1. The van der Waals surface area contributed by atoms with Crippen molar-refractivity contribution in [1.29, 1.82) is 0 Å². The third-order valence-electron chi connectivity index (χ3n) is 4.93. The Kier molecular flexibility index (Phi) is 6.00. The molecule has 0 atom stereocenters. The van der Waals surface area contributed by atoms with Crippen LogP contribution in [0.3, 0.4) is 0 Å². The number of carbonyl (C=O) groups is 1. The van der Waals surface area contributed by atoms with Gasteiger partial charge in [-0.25, -0.2) is 0 Å². The largest absolute Gasteiger partial charge is 0.508 e. The van der Waals surface area contributed by atoms with Crippen LogP contribution >= 0.6 is 11.8 Å². The molecular weight excluding hydrogens is 356 g/mol. The van der Waals surface area contributed by atoms with Crippen molar-refractivity contribution in [1.82, 2.24) is 4.90 Å². The van der Waals surface area contributed by atoms with Gasteiger partial charge in [0.2, 0.25) is 5.91 Å². The number of piperazine rings is 1. The lowest BCUT2D eigenvalue weighted by Gasteiger charge is -2.36. The average Bonchev–Trinajstić information content (AvgIpc) is 2.66. The SMILES string of the molecule is CC(C)(C)c1ccc(SCC(=O)N2CCN(c3ccc(O)cc3)CC2)cc1. The van der Waals surface area contributed by atoms with Gasteiger partial charge in [-0.3, -0.25) is 4.79 Å². The molecule has 27 heavy (non-hydrogen) atoms. The first-order valence-corrected chi connectivity index (χ1v) is 10.4. The maximum absolute atomic E-state index is 12.5. The van der Waals surface area contributed by atoms with Crippen LogP contribution < -0.4 is 4.90 Å². The van der Waals surface area contributed by atoms with Crippen molar-refractivity contribution >= 4 is 23.4 Å². The van der Waals surface area contributed by atoms with E-state index in [2.05, 4.69) is 49.9 Å². The summed E-state index contributed by atoms with van der Waals surface area (Å²) in [5.74, 6) is 0.957. The quantitative estimate of drug-likeness (QED) is 0.805. The number of rotatable bonds is 4. The van der Waals surface area contributed by atoms with E-state index in [0.29, 0.717) is 5.75 Å². The number of amides is 1. The van der Waals surface area contributed by atoms with Crippen molar-refractivity contribution in [3.05, 3.63) is 54.1 Å². The zero-order chi connectivity index (χ0) is 19.4. The van der Waals surface area contributed by atoms with Crippen LogP contribution in [0, 0.1) is 0 Å². The van der Waals surface area contributed by atoms with E-state index in [9.17, 15) is 9.90 Å².